The van der Waals surface area contributed by atoms with Crippen molar-refractivity contribution in [2.24, 2.45) is 5.10 Å². The molecule has 10 heteroatoms. The van der Waals surface area contributed by atoms with Crippen LogP contribution in [0.15, 0.2) is 17.2 Å². The monoisotopic (exact) mass is 376 g/mol. The van der Waals surface area contributed by atoms with Crippen LogP contribution < -0.4 is 19.6 Å². The highest BCUT2D eigenvalue weighted by atomic mass is 19.2. The third kappa shape index (κ3) is 3.48. The van der Waals surface area contributed by atoms with E-state index < -0.39 is 34.8 Å². The van der Waals surface area contributed by atoms with Gasteiger partial charge in [0.05, 0.1) is 27.5 Å². The molecule has 0 amide bonds. The maximum Gasteiger partial charge on any atom is 0.203 e. The number of methoxy groups -OCH3 is 3. The van der Waals surface area contributed by atoms with E-state index in [0.717, 1.165) is 6.21 Å². The van der Waals surface area contributed by atoms with Crippen molar-refractivity contribution < 1.29 is 36.2 Å². The molecule has 0 saturated carbocycles. The van der Waals surface area contributed by atoms with Gasteiger partial charge in [0.25, 0.3) is 0 Å². The number of hydrogen-bond donors (Lipinski definition) is 1. The third-order valence-electron chi connectivity index (χ3n) is 3.29. The van der Waals surface area contributed by atoms with Gasteiger partial charge in [0, 0.05) is 5.56 Å². The molecule has 0 spiro atoms. The molecule has 0 aliphatic heterocycles. The zero-order valence-corrected chi connectivity index (χ0v) is 13.8. The van der Waals surface area contributed by atoms with E-state index in [4.69, 9.17) is 14.2 Å². The van der Waals surface area contributed by atoms with Crippen molar-refractivity contribution in [2.75, 3.05) is 26.8 Å². The van der Waals surface area contributed by atoms with Gasteiger partial charge in [-0.2, -0.15) is 5.10 Å². The van der Waals surface area contributed by atoms with Gasteiger partial charge in [-0.15, -0.1) is 0 Å². The Hall–Kier alpha value is -3.04. The van der Waals surface area contributed by atoms with Gasteiger partial charge < -0.3 is 14.2 Å². The van der Waals surface area contributed by atoms with Crippen molar-refractivity contribution in [3.63, 3.8) is 0 Å². The standard InChI is InChI=1S/C16H13F5N2O3/c1-24-8-4-7(5-9(25-2)16(8)26-3)6-22-23-15-13(20)11(18)10(17)12(19)14(15)21/h4-6,23H,1-3H3/b22-6+. The Bertz CT molecular complexity index is 804. The lowest BCUT2D eigenvalue weighted by molar-refractivity contribution is 0.324. The Labute approximate surface area is 145 Å². The summed E-state index contributed by atoms with van der Waals surface area (Å²) >= 11 is 0. The van der Waals surface area contributed by atoms with Crippen LogP contribution in [-0.4, -0.2) is 27.5 Å². The molecule has 5 nitrogen and oxygen atoms in total. The molecule has 0 aliphatic rings. The molecule has 0 aliphatic carbocycles. The zero-order chi connectivity index (χ0) is 19.4. The quantitative estimate of drug-likeness (QED) is 0.274. The van der Waals surface area contributed by atoms with Crippen molar-refractivity contribution in [1.82, 2.24) is 0 Å². The minimum atomic E-state index is -2.25. The van der Waals surface area contributed by atoms with Gasteiger partial charge in [-0.1, -0.05) is 0 Å². The first-order chi connectivity index (χ1) is 12.3. The average molecular weight is 376 g/mol. The lowest BCUT2D eigenvalue weighted by atomic mass is 10.2. The molecule has 2 aromatic carbocycles. The van der Waals surface area contributed by atoms with Crippen LogP contribution >= 0.6 is 0 Å². The van der Waals surface area contributed by atoms with Gasteiger partial charge in [-0.3, -0.25) is 5.43 Å². The first-order valence-electron chi connectivity index (χ1n) is 6.96. The van der Waals surface area contributed by atoms with E-state index in [-0.39, 0.29) is 11.5 Å². The fourth-order valence-corrected chi connectivity index (χ4v) is 2.05. The lowest BCUT2D eigenvalue weighted by Crippen LogP contribution is -2.06. The molecule has 0 fully saturated rings. The highest BCUT2D eigenvalue weighted by Crippen LogP contribution is 2.37. The van der Waals surface area contributed by atoms with Gasteiger partial charge in [0.15, 0.2) is 34.8 Å². The Morgan fingerprint density at radius 3 is 1.65 bits per heavy atom. The second-order valence-corrected chi connectivity index (χ2v) is 4.77. The van der Waals surface area contributed by atoms with Crippen LogP contribution in [0.5, 0.6) is 17.2 Å². The van der Waals surface area contributed by atoms with Gasteiger partial charge >= 0.3 is 0 Å². The van der Waals surface area contributed by atoms with Crippen LogP contribution in [-0.2, 0) is 0 Å². The first kappa shape index (κ1) is 19.3. The average Bonchev–Trinajstić information content (AvgIpc) is 2.66. The highest BCUT2D eigenvalue weighted by molar-refractivity contribution is 5.83. The topological polar surface area (TPSA) is 52.1 Å². The van der Waals surface area contributed by atoms with Crippen LogP contribution in [0.1, 0.15) is 5.56 Å². The summed E-state index contributed by atoms with van der Waals surface area (Å²) in [6.07, 6.45) is 1.07. The number of halogens is 5. The molecule has 2 aromatic rings. The molecular weight excluding hydrogens is 363 g/mol. The molecule has 0 bridgehead atoms. The molecule has 0 radical (unpaired) electrons. The third-order valence-corrected chi connectivity index (χ3v) is 3.29. The normalized spacial score (nSPS) is 10.9. The number of anilines is 1. The van der Waals surface area contributed by atoms with E-state index in [2.05, 4.69) is 5.10 Å². The molecule has 0 saturated heterocycles. The van der Waals surface area contributed by atoms with E-state index in [9.17, 15) is 22.0 Å². The number of nitrogens with zero attached hydrogens (tertiary/aromatic N) is 1. The van der Waals surface area contributed by atoms with Gasteiger partial charge in [-0.25, -0.2) is 22.0 Å². The van der Waals surface area contributed by atoms with Crippen LogP contribution in [0.2, 0.25) is 0 Å². The van der Waals surface area contributed by atoms with Crippen LogP contribution in [0.3, 0.4) is 0 Å². The molecule has 2 rings (SSSR count). The van der Waals surface area contributed by atoms with Gasteiger partial charge in [-0.05, 0) is 12.1 Å². The molecule has 0 unspecified atom stereocenters. The summed E-state index contributed by atoms with van der Waals surface area (Å²) < 4.78 is 81.7. The Morgan fingerprint density at radius 2 is 1.23 bits per heavy atom. The number of rotatable bonds is 6. The van der Waals surface area contributed by atoms with E-state index in [0.29, 0.717) is 11.3 Å². The Morgan fingerprint density at radius 1 is 0.769 bits per heavy atom. The molecule has 0 aromatic heterocycles. The SMILES string of the molecule is COc1cc(/C=N/Nc2c(F)c(F)c(F)c(F)c2F)cc(OC)c1OC. The fourth-order valence-electron chi connectivity index (χ4n) is 2.05. The molecule has 26 heavy (non-hydrogen) atoms. The van der Waals surface area contributed by atoms with E-state index >= 15 is 0 Å². The van der Waals surface area contributed by atoms with E-state index in [1.54, 1.807) is 5.43 Å². The predicted molar refractivity (Wildman–Crippen MR) is 83.5 cm³/mol. The maximum atomic E-state index is 13.6. The van der Waals surface area contributed by atoms with Crippen molar-refractivity contribution in [1.29, 1.82) is 0 Å². The van der Waals surface area contributed by atoms with E-state index in [1.165, 1.54) is 33.5 Å². The van der Waals surface area contributed by atoms with Crippen molar-refractivity contribution in [2.45, 2.75) is 0 Å². The summed E-state index contributed by atoms with van der Waals surface area (Å²) in [4.78, 5) is 0. The fraction of sp³-hybridized carbons (Fsp3) is 0.188. The minimum absolute atomic E-state index is 0.282. The number of benzene rings is 2. The second-order valence-electron chi connectivity index (χ2n) is 4.77. The minimum Gasteiger partial charge on any atom is -0.493 e. The number of nitrogens with one attached hydrogen (secondary N) is 1. The number of hydrazone groups is 1. The Kier molecular flexibility index (Phi) is 5.86. The smallest absolute Gasteiger partial charge is 0.203 e. The summed E-state index contributed by atoms with van der Waals surface area (Å²) in [5.41, 5.74) is 0.872. The van der Waals surface area contributed by atoms with Crippen molar-refractivity contribution in [3.8, 4) is 17.2 Å². The summed E-state index contributed by atoms with van der Waals surface area (Å²) in [5, 5.41) is 3.49. The van der Waals surface area contributed by atoms with Crippen LogP contribution in [0.25, 0.3) is 0 Å². The van der Waals surface area contributed by atoms with E-state index in [1.807, 2.05) is 0 Å². The summed E-state index contributed by atoms with van der Waals surface area (Å²) in [5.74, 6) is -9.58. The predicted octanol–water partition coefficient (Wildman–Crippen LogP) is 3.85. The van der Waals surface area contributed by atoms with Gasteiger partial charge in [0.1, 0.15) is 5.69 Å². The van der Waals surface area contributed by atoms with Crippen LogP contribution in [0.4, 0.5) is 27.6 Å². The molecule has 0 heterocycles. The number of hydrogen-bond acceptors (Lipinski definition) is 5. The molecular formula is C16H13F5N2O3. The highest BCUT2D eigenvalue weighted by Gasteiger charge is 2.25. The largest absolute Gasteiger partial charge is 0.493 e. The lowest BCUT2D eigenvalue weighted by Gasteiger charge is -2.12. The van der Waals surface area contributed by atoms with Crippen molar-refractivity contribution >= 4 is 11.9 Å². The summed E-state index contributed by atoms with van der Waals surface area (Å²) in [6.45, 7) is 0. The second kappa shape index (κ2) is 7.89. The molecule has 0 atom stereocenters. The zero-order valence-electron chi connectivity index (χ0n) is 13.8. The summed E-state index contributed by atoms with van der Waals surface area (Å²) in [6, 6.07) is 2.93. The molecule has 1 N–H and O–H groups in total. The first-order valence-corrected chi connectivity index (χ1v) is 6.96. The van der Waals surface area contributed by atoms with Gasteiger partial charge in [0.2, 0.25) is 11.6 Å². The summed E-state index contributed by atoms with van der Waals surface area (Å²) in [7, 11) is 4.16. The van der Waals surface area contributed by atoms with Crippen molar-refractivity contribution in [3.05, 3.63) is 46.8 Å². The Balaban J connectivity index is 2.35. The number of ether oxygens (including phenoxy) is 3. The maximum absolute atomic E-state index is 13.6. The molecule has 140 valence electrons. The van der Waals surface area contributed by atoms with Crippen LogP contribution in [0, 0.1) is 29.1 Å².